The Morgan fingerprint density at radius 3 is 2.59 bits per heavy atom. The third kappa shape index (κ3) is 4.71. The summed E-state index contributed by atoms with van der Waals surface area (Å²) in [6.07, 6.45) is 1.92. The number of hydrogen-bond acceptors (Lipinski definition) is 1. The van der Waals surface area contributed by atoms with Gasteiger partial charge in [0, 0.05) is 17.8 Å². The van der Waals surface area contributed by atoms with Crippen molar-refractivity contribution in [2.45, 2.75) is 19.3 Å². The molecule has 1 rings (SSSR count). The van der Waals surface area contributed by atoms with Gasteiger partial charge in [-0.25, -0.2) is 8.78 Å². The van der Waals surface area contributed by atoms with E-state index in [1.807, 2.05) is 0 Å². The number of carbonyl (C=O) groups is 1. The maximum absolute atomic E-state index is 13.3. The maximum atomic E-state index is 13.3. The minimum atomic E-state index is -0.778. The lowest BCUT2D eigenvalue weighted by molar-refractivity contribution is -0.116. The average Bonchev–Trinajstić information content (AvgIpc) is 2.26. The van der Waals surface area contributed by atoms with Crippen LogP contribution in [0, 0.1) is 11.6 Å². The van der Waals surface area contributed by atoms with Crippen molar-refractivity contribution in [3.05, 3.63) is 28.2 Å². The van der Waals surface area contributed by atoms with Crippen LogP contribution in [0.4, 0.5) is 14.5 Å². The molecular formula is C11H11Br2F2NO. The predicted molar refractivity (Wildman–Crippen MR) is 70.3 cm³/mol. The number of rotatable bonds is 5. The Bertz CT molecular complexity index is 413. The van der Waals surface area contributed by atoms with Crippen LogP contribution < -0.4 is 5.32 Å². The van der Waals surface area contributed by atoms with Crippen molar-refractivity contribution >= 4 is 43.5 Å². The van der Waals surface area contributed by atoms with Gasteiger partial charge in [-0.05, 0) is 34.8 Å². The van der Waals surface area contributed by atoms with Crippen LogP contribution >= 0.6 is 31.9 Å². The van der Waals surface area contributed by atoms with Crippen LogP contribution in [-0.2, 0) is 4.79 Å². The van der Waals surface area contributed by atoms with E-state index < -0.39 is 11.6 Å². The zero-order valence-electron chi connectivity index (χ0n) is 8.90. The number of benzene rings is 1. The summed E-state index contributed by atoms with van der Waals surface area (Å²) in [6.45, 7) is 0. The largest absolute Gasteiger partial charge is 0.324 e. The second-order valence-corrected chi connectivity index (χ2v) is 5.09. The lowest BCUT2D eigenvalue weighted by Gasteiger charge is -2.07. The van der Waals surface area contributed by atoms with Gasteiger partial charge in [-0.2, -0.15) is 0 Å². The Morgan fingerprint density at radius 1 is 1.24 bits per heavy atom. The van der Waals surface area contributed by atoms with Crippen molar-refractivity contribution in [1.29, 1.82) is 0 Å². The van der Waals surface area contributed by atoms with Crippen LogP contribution in [0.3, 0.4) is 0 Å². The number of halogens is 4. The molecular weight excluding hydrogens is 360 g/mol. The Balaban J connectivity index is 2.62. The number of nitrogens with one attached hydrogen (secondary N) is 1. The molecule has 0 atom stereocenters. The normalized spacial score (nSPS) is 10.4. The van der Waals surface area contributed by atoms with Gasteiger partial charge in [-0.15, -0.1) is 0 Å². The van der Waals surface area contributed by atoms with Gasteiger partial charge in [0.1, 0.15) is 11.6 Å². The van der Waals surface area contributed by atoms with Gasteiger partial charge in [0.05, 0.1) is 10.2 Å². The number of hydrogen-bond donors (Lipinski definition) is 1. The van der Waals surface area contributed by atoms with E-state index in [0.717, 1.165) is 24.2 Å². The van der Waals surface area contributed by atoms with E-state index in [0.29, 0.717) is 6.42 Å². The molecule has 0 fully saturated rings. The first kappa shape index (κ1) is 14.6. The summed E-state index contributed by atoms with van der Waals surface area (Å²) < 4.78 is 26.4. The molecule has 0 bridgehead atoms. The van der Waals surface area contributed by atoms with Crippen LogP contribution in [0.5, 0.6) is 0 Å². The highest BCUT2D eigenvalue weighted by Crippen LogP contribution is 2.23. The molecule has 0 aliphatic carbocycles. The number of unbranched alkanes of at least 4 members (excludes halogenated alkanes) is 1. The molecule has 0 aliphatic heterocycles. The molecule has 1 aromatic carbocycles. The van der Waals surface area contributed by atoms with E-state index in [2.05, 4.69) is 37.2 Å². The molecule has 0 saturated heterocycles. The molecule has 1 amide bonds. The standard InChI is InChI=1S/C11H11Br2F2NO/c12-4-2-1-3-11(17)16-10-5-7(13)8(14)6-9(10)15/h5-6H,1-4H2,(H,16,17). The fourth-order valence-electron chi connectivity index (χ4n) is 1.21. The van der Waals surface area contributed by atoms with Crippen molar-refractivity contribution < 1.29 is 13.6 Å². The zero-order valence-corrected chi connectivity index (χ0v) is 12.1. The Labute approximate surface area is 115 Å². The molecule has 1 aromatic rings. The number of anilines is 1. The minimum Gasteiger partial charge on any atom is -0.324 e. The molecule has 0 saturated carbocycles. The summed E-state index contributed by atoms with van der Waals surface area (Å²) in [4.78, 5) is 11.4. The van der Waals surface area contributed by atoms with E-state index >= 15 is 0 Å². The molecule has 2 nitrogen and oxygen atoms in total. The van der Waals surface area contributed by atoms with Gasteiger partial charge in [0.2, 0.25) is 5.91 Å². The van der Waals surface area contributed by atoms with E-state index in [4.69, 9.17) is 0 Å². The van der Waals surface area contributed by atoms with Crippen LogP contribution in [0.1, 0.15) is 19.3 Å². The van der Waals surface area contributed by atoms with Crippen LogP contribution in [0.25, 0.3) is 0 Å². The Hall–Kier alpha value is -0.490. The molecule has 0 aliphatic rings. The first-order valence-corrected chi connectivity index (χ1v) is 6.96. The number of amides is 1. The van der Waals surface area contributed by atoms with Gasteiger partial charge >= 0.3 is 0 Å². The maximum Gasteiger partial charge on any atom is 0.224 e. The molecule has 94 valence electrons. The molecule has 0 radical (unpaired) electrons. The summed E-state index contributed by atoms with van der Waals surface area (Å²) in [6, 6.07) is 1.95. The third-order valence-electron chi connectivity index (χ3n) is 2.07. The highest BCUT2D eigenvalue weighted by molar-refractivity contribution is 9.10. The van der Waals surface area contributed by atoms with Crippen molar-refractivity contribution in [3.8, 4) is 0 Å². The van der Waals surface area contributed by atoms with Gasteiger partial charge < -0.3 is 5.32 Å². The predicted octanol–water partition coefficient (Wildman–Crippen LogP) is 4.23. The minimum absolute atomic E-state index is 0.0119. The van der Waals surface area contributed by atoms with E-state index in [1.165, 1.54) is 6.07 Å². The summed E-state index contributed by atoms with van der Waals surface area (Å²) in [5.41, 5.74) is -0.0119. The molecule has 1 N–H and O–H groups in total. The van der Waals surface area contributed by atoms with Crippen molar-refractivity contribution in [1.82, 2.24) is 0 Å². The molecule has 0 heterocycles. The molecule has 17 heavy (non-hydrogen) atoms. The molecule has 0 aromatic heterocycles. The fourth-order valence-corrected chi connectivity index (χ4v) is 1.95. The molecule has 6 heteroatoms. The lowest BCUT2D eigenvalue weighted by atomic mass is 10.2. The lowest BCUT2D eigenvalue weighted by Crippen LogP contribution is -2.12. The van der Waals surface area contributed by atoms with E-state index in [9.17, 15) is 13.6 Å². The average molecular weight is 371 g/mol. The second-order valence-electron chi connectivity index (χ2n) is 3.44. The van der Waals surface area contributed by atoms with E-state index in [-0.39, 0.29) is 16.1 Å². The first-order valence-electron chi connectivity index (χ1n) is 5.05. The quantitative estimate of drug-likeness (QED) is 0.469. The zero-order chi connectivity index (χ0) is 12.8. The van der Waals surface area contributed by atoms with Gasteiger partial charge in [-0.3, -0.25) is 4.79 Å². The Morgan fingerprint density at radius 2 is 1.94 bits per heavy atom. The summed E-state index contributed by atoms with van der Waals surface area (Å²) >= 11 is 6.19. The topological polar surface area (TPSA) is 29.1 Å². The monoisotopic (exact) mass is 369 g/mol. The van der Waals surface area contributed by atoms with Crippen LogP contribution in [0.15, 0.2) is 16.6 Å². The summed E-state index contributed by atoms with van der Waals surface area (Å²) in [5.74, 6) is -1.75. The summed E-state index contributed by atoms with van der Waals surface area (Å²) in [7, 11) is 0. The van der Waals surface area contributed by atoms with Gasteiger partial charge in [0.15, 0.2) is 0 Å². The first-order chi connectivity index (χ1) is 8.04. The van der Waals surface area contributed by atoms with Crippen molar-refractivity contribution in [3.63, 3.8) is 0 Å². The third-order valence-corrected chi connectivity index (χ3v) is 3.24. The highest BCUT2D eigenvalue weighted by atomic mass is 79.9. The Kier molecular flexibility index (Phi) is 6.05. The number of alkyl halides is 1. The molecule has 0 spiro atoms. The number of carbonyl (C=O) groups excluding carboxylic acids is 1. The van der Waals surface area contributed by atoms with Crippen LogP contribution in [-0.4, -0.2) is 11.2 Å². The van der Waals surface area contributed by atoms with Gasteiger partial charge in [-0.1, -0.05) is 15.9 Å². The summed E-state index contributed by atoms with van der Waals surface area (Å²) in [5, 5.41) is 3.24. The SMILES string of the molecule is O=C(CCCCBr)Nc1cc(Br)c(F)cc1F. The van der Waals surface area contributed by atoms with Crippen LogP contribution in [0.2, 0.25) is 0 Å². The van der Waals surface area contributed by atoms with E-state index in [1.54, 1.807) is 0 Å². The second kappa shape index (κ2) is 7.06. The highest BCUT2D eigenvalue weighted by Gasteiger charge is 2.10. The fraction of sp³-hybridized carbons (Fsp3) is 0.364. The van der Waals surface area contributed by atoms with Gasteiger partial charge in [0.25, 0.3) is 0 Å². The van der Waals surface area contributed by atoms with Crippen molar-refractivity contribution in [2.75, 3.05) is 10.6 Å². The molecule has 0 unspecified atom stereocenters. The smallest absolute Gasteiger partial charge is 0.224 e. The van der Waals surface area contributed by atoms with Crippen molar-refractivity contribution in [2.24, 2.45) is 0 Å².